The molecule has 1 amide bonds. The Kier molecular flexibility index (Phi) is 3.97. The summed E-state index contributed by atoms with van der Waals surface area (Å²) in [5.74, 6) is 0.682. The van der Waals surface area contributed by atoms with Crippen LogP contribution in [0.1, 0.15) is 12.5 Å². The second-order valence-electron chi connectivity index (χ2n) is 3.87. The van der Waals surface area contributed by atoms with E-state index in [2.05, 4.69) is 15.3 Å². The Labute approximate surface area is 115 Å². The molecule has 19 heavy (non-hydrogen) atoms. The highest BCUT2D eigenvalue weighted by atomic mass is 35.5. The number of para-hydroxylation sites is 2. The molecule has 98 valence electrons. The summed E-state index contributed by atoms with van der Waals surface area (Å²) in [6.07, 6.45) is 1.33. The van der Waals surface area contributed by atoms with Crippen LogP contribution in [0.15, 0.2) is 30.6 Å². The Morgan fingerprint density at radius 3 is 2.79 bits per heavy atom. The average molecular weight is 278 g/mol. The van der Waals surface area contributed by atoms with E-state index in [0.717, 1.165) is 0 Å². The first-order valence-corrected chi connectivity index (χ1v) is 5.97. The highest BCUT2D eigenvalue weighted by molar-refractivity contribution is 6.30. The van der Waals surface area contributed by atoms with Crippen molar-refractivity contribution < 1.29 is 9.53 Å². The lowest BCUT2D eigenvalue weighted by atomic mass is 10.3. The van der Waals surface area contributed by atoms with Crippen molar-refractivity contribution >= 4 is 23.2 Å². The Bertz CT molecular complexity index is 617. The van der Waals surface area contributed by atoms with E-state index in [1.807, 2.05) is 0 Å². The predicted octanol–water partition coefficient (Wildman–Crippen LogP) is 3.19. The Morgan fingerprint density at radius 2 is 2.05 bits per heavy atom. The zero-order valence-corrected chi connectivity index (χ0v) is 11.2. The second-order valence-corrected chi connectivity index (χ2v) is 4.23. The molecule has 0 spiro atoms. The molecular weight excluding hydrogens is 266 g/mol. The zero-order valence-electron chi connectivity index (χ0n) is 10.5. The van der Waals surface area contributed by atoms with Gasteiger partial charge in [0, 0.05) is 12.5 Å². The number of nitrogens with one attached hydrogen (secondary N) is 1. The number of anilines is 1. The van der Waals surface area contributed by atoms with Crippen molar-refractivity contribution in [3.8, 4) is 11.6 Å². The molecule has 0 radical (unpaired) electrons. The number of amides is 1. The Hall–Kier alpha value is -2.14. The number of hydrogen-bond acceptors (Lipinski definition) is 4. The summed E-state index contributed by atoms with van der Waals surface area (Å²) in [5.41, 5.74) is 1.21. The van der Waals surface area contributed by atoms with E-state index >= 15 is 0 Å². The Balaban J connectivity index is 2.33. The van der Waals surface area contributed by atoms with Gasteiger partial charge in [-0.2, -0.15) is 0 Å². The molecule has 1 aromatic carbocycles. The van der Waals surface area contributed by atoms with Crippen LogP contribution in [0.2, 0.25) is 5.15 Å². The third-order valence-electron chi connectivity index (χ3n) is 2.38. The third-order valence-corrected chi connectivity index (χ3v) is 2.76. The molecule has 5 nitrogen and oxygen atoms in total. The van der Waals surface area contributed by atoms with Crippen molar-refractivity contribution in [1.82, 2.24) is 9.97 Å². The molecule has 1 heterocycles. The van der Waals surface area contributed by atoms with Crippen molar-refractivity contribution in [2.24, 2.45) is 0 Å². The second kappa shape index (κ2) is 5.67. The molecular formula is C13H12ClN3O2. The summed E-state index contributed by atoms with van der Waals surface area (Å²) < 4.78 is 5.67. The molecule has 0 bridgehead atoms. The molecule has 0 saturated carbocycles. The third kappa shape index (κ3) is 3.20. The van der Waals surface area contributed by atoms with Crippen LogP contribution in [0.25, 0.3) is 0 Å². The average Bonchev–Trinajstić information content (AvgIpc) is 2.36. The lowest BCUT2D eigenvalue weighted by Crippen LogP contribution is -2.07. The van der Waals surface area contributed by atoms with Crippen molar-refractivity contribution in [3.05, 3.63) is 41.3 Å². The summed E-state index contributed by atoms with van der Waals surface area (Å²) in [6.45, 7) is 3.20. The SMILES string of the molecule is CC(=O)Nc1ccccc1Oc1ncnc(Cl)c1C. The van der Waals surface area contributed by atoms with Gasteiger partial charge in [-0.1, -0.05) is 23.7 Å². The normalized spacial score (nSPS) is 10.1. The maximum Gasteiger partial charge on any atom is 0.226 e. The van der Waals surface area contributed by atoms with E-state index in [1.54, 1.807) is 31.2 Å². The number of carbonyl (C=O) groups is 1. The highest BCUT2D eigenvalue weighted by Crippen LogP contribution is 2.31. The monoisotopic (exact) mass is 277 g/mol. The van der Waals surface area contributed by atoms with Gasteiger partial charge in [0.2, 0.25) is 11.8 Å². The summed E-state index contributed by atoms with van der Waals surface area (Å²) in [6, 6.07) is 7.09. The fourth-order valence-electron chi connectivity index (χ4n) is 1.47. The number of ether oxygens (including phenoxy) is 1. The highest BCUT2D eigenvalue weighted by Gasteiger charge is 2.10. The number of rotatable bonds is 3. The van der Waals surface area contributed by atoms with Gasteiger partial charge in [0.05, 0.1) is 5.69 Å². The fourth-order valence-corrected chi connectivity index (χ4v) is 1.59. The first-order chi connectivity index (χ1) is 9.08. The van der Waals surface area contributed by atoms with Gasteiger partial charge in [-0.05, 0) is 19.1 Å². The van der Waals surface area contributed by atoms with Crippen molar-refractivity contribution in [3.63, 3.8) is 0 Å². The molecule has 0 fully saturated rings. The van der Waals surface area contributed by atoms with Crippen molar-refractivity contribution in [2.45, 2.75) is 13.8 Å². The van der Waals surface area contributed by atoms with Crippen LogP contribution in [0.5, 0.6) is 11.6 Å². The van der Waals surface area contributed by atoms with Crippen molar-refractivity contribution in [2.75, 3.05) is 5.32 Å². The number of aromatic nitrogens is 2. The van der Waals surface area contributed by atoms with E-state index in [1.165, 1.54) is 13.3 Å². The molecule has 0 unspecified atom stereocenters. The maximum absolute atomic E-state index is 11.1. The van der Waals surface area contributed by atoms with Gasteiger partial charge in [0.25, 0.3) is 0 Å². The van der Waals surface area contributed by atoms with E-state index in [4.69, 9.17) is 16.3 Å². The summed E-state index contributed by atoms with van der Waals surface area (Å²) in [5, 5.41) is 3.02. The van der Waals surface area contributed by atoms with Crippen LogP contribution in [0.3, 0.4) is 0 Å². The van der Waals surface area contributed by atoms with Crippen LogP contribution in [-0.4, -0.2) is 15.9 Å². The molecule has 2 aromatic rings. The van der Waals surface area contributed by atoms with Gasteiger partial charge >= 0.3 is 0 Å². The largest absolute Gasteiger partial charge is 0.436 e. The van der Waals surface area contributed by atoms with E-state index in [-0.39, 0.29) is 5.91 Å². The summed E-state index contributed by atoms with van der Waals surface area (Å²) in [7, 11) is 0. The fraction of sp³-hybridized carbons (Fsp3) is 0.154. The smallest absolute Gasteiger partial charge is 0.226 e. The number of benzene rings is 1. The molecule has 2 rings (SSSR count). The molecule has 0 aliphatic carbocycles. The lowest BCUT2D eigenvalue weighted by molar-refractivity contribution is -0.114. The van der Waals surface area contributed by atoms with Gasteiger partial charge < -0.3 is 10.1 Å². The van der Waals surface area contributed by atoms with Gasteiger partial charge in [0.1, 0.15) is 11.5 Å². The van der Waals surface area contributed by atoms with Crippen LogP contribution in [0.4, 0.5) is 5.69 Å². The predicted molar refractivity (Wildman–Crippen MR) is 72.6 cm³/mol. The molecule has 0 aliphatic rings. The van der Waals surface area contributed by atoms with E-state index in [9.17, 15) is 4.79 Å². The number of nitrogens with zero attached hydrogens (tertiary/aromatic N) is 2. The summed E-state index contributed by atoms with van der Waals surface area (Å²) >= 11 is 5.90. The van der Waals surface area contributed by atoms with Gasteiger partial charge in [-0.15, -0.1) is 0 Å². The quantitative estimate of drug-likeness (QED) is 0.875. The molecule has 0 saturated heterocycles. The first kappa shape index (κ1) is 13.3. The van der Waals surface area contributed by atoms with Crippen LogP contribution < -0.4 is 10.1 Å². The molecule has 0 atom stereocenters. The minimum absolute atomic E-state index is 0.173. The zero-order chi connectivity index (χ0) is 13.8. The molecule has 1 aromatic heterocycles. The standard InChI is InChI=1S/C13H12ClN3O2/c1-8-12(14)15-7-16-13(8)19-11-6-4-3-5-10(11)17-9(2)18/h3-7H,1-2H3,(H,17,18). The van der Waals surface area contributed by atoms with Gasteiger partial charge in [-0.25, -0.2) is 9.97 Å². The number of hydrogen-bond donors (Lipinski definition) is 1. The van der Waals surface area contributed by atoms with Crippen LogP contribution in [-0.2, 0) is 4.79 Å². The van der Waals surface area contributed by atoms with E-state index in [0.29, 0.717) is 28.0 Å². The van der Waals surface area contributed by atoms with Crippen molar-refractivity contribution in [1.29, 1.82) is 0 Å². The molecule has 6 heteroatoms. The van der Waals surface area contributed by atoms with E-state index < -0.39 is 0 Å². The summed E-state index contributed by atoms with van der Waals surface area (Å²) in [4.78, 5) is 19.0. The Morgan fingerprint density at radius 1 is 1.32 bits per heavy atom. The number of carbonyl (C=O) groups excluding carboxylic acids is 1. The minimum Gasteiger partial charge on any atom is -0.436 e. The van der Waals surface area contributed by atoms with Crippen LogP contribution in [0, 0.1) is 6.92 Å². The van der Waals surface area contributed by atoms with Gasteiger partial charge in [-0.3, -0.25) is 4.79 Å². The maximum atomic E-state index is 11.1. The van der Waals surface area contributed by atoms with Crippen LogP contribution >= 0.6 is 11.6 Å². The topological polar surface area (TPSA) is 64.1 Å². The minimum atomic E-state index is -0.173. The molecule has 1 N–H and O–H groups in total. The van der Waals surface area contributed by atoms with Gasteiger partial charge in [0.15, 0.2) is 5.75 Å². The number of halogens is 1. The lowest BCUT2D eigenvalue weighted by Gasteiger charge is -2.12. The first-order valence-electron chi connectivity index (χ1n) is 5.59. The molecule has 0 aliphatic heterocycles.